The van der Waals surface area contributed by atoms with Gasteiger partial charge in [0, 0.05) is 16.2 Å². The van der Waals surface area contributed by atoms with Crippen molar-refractivity contribution in [3.8, 4) is 11.1 Å². The van der Waals surface area contributed by atoms with Crippen LogP contribution in [0.2, 0.25) is 5.02 Å². The molecule has 3 aromatic rings. The van der Waals surface area contributed by atoms with Crippen LogP contribution in [0.15, 0.2) is 45.8 Å². The molecule has 110 valence electrons. The fourth-order valence-electron chi connectivity index (χ4n) is 2.29. The minimum atomic E-state index is -0.371. The van der Waals surface area contributed by atoms with Gasteiger partial charge in [-0.15, -0.1) is 0 Å². The monoisotopic (exact) mass is 376 g/mol. The number of carbonyl (C=O) groups is 1. The van der Waals surface area contributed by atoms with Crippen molar-refractivity contribution in [3.63, 3.8) is 0 Å². The van der Waals surface area contributed by atoms with Gasteiger partial charge in [0.2, 0.25) is 0 Å². The Labute approximate surface area is 139 Å². The van der Waals surface area contributed by atoms with Crippen LogP contribution in [0.4, 0.5) is 0 Å². The maximum absolute atomic E-state index is 12.2. The van der Waals surface area contributed by atoms with Gasteiger partial charge in [-0.2, -0.15) is 0 Å². The number of hydrogen-bond donors (Lipinski definition) is 0. The summed E-state index contributed by atoms with van der Waals surface area (Å²) < 4.78 is 2.15. The Kier molecular flexibility index (Phi) is 3.85. The first kappa shape index (κ1) is 14.9. The number of pyridine rings is 1. The zero-order valence-electron chi connectivity index (χ0n) is 11.5. The molecule has 4 nitrogen and oxygen atoms in total. The standard InChI is InChI=1S/C16H10BrClN2O2/c1-9-12(8-21)16(22)20-6-5-10(7-14(20)19-9)11-3-2-4-13(17)15(11)18/h2-8H,1H3. The molecule has 0 amide bonds. The predicted octanol–water partition coefficient (Wildman–Crippen LogP) is 3.90. The average molecular weight is 378 g/mol. The molecule has 0 bridgehead atoms. The number of aryl methyl sites for hydroxylation is 1. The van der Waals surface area contributed by atoms with Crippen LogP contribution in [-0.4, -0.2) is 15.7 Å². The van der Waals surface area contributed by atoms with E-state index in [-0.39, 0.29) is 11.1 Å². The van der Waals surface area contributed by atoms with Crippen molar-refractivity contribution in [2.24, 2.45) is 0 Å². The predicted molar refractivity (Wildman–Crippen MR) is 89.7 cm³/mol. The lowest BCUT2D eigenvalue weighted by Gasteiger charge is -2.09. The van der Waals surface area contributed by atoms with Crippen molar-refractivity contribution >= 4 is 39.5 Å². The molecule has 0 aliphatic heterocycles. The van der Waals surface area contributed by atoms with Crippen LogP contribution >= 0.6 is 27.5 Å². The SMILES string of the molecule is Cc1nc2cc(-c3cccc(Br)c3Cl)ccn2c(=O)c1C=O. The van der Waals surface area contributed by atoms with Crippen LogP contribution in [0.3, 0.4) is 0 Å². The molecule has 0 fully saturated rings. The molecule has 0 radical (unpaired) electrons. The lowest BCUT2D eigenvalue weighted by Crippen LogP contribution is -2.21. The summed E-state index contributed by atoms with van der Waals surface area (Å²) in [6.45, 7) is 1.64. The molecule has 0 atom stereocenters. The van der Waals surface area contributed by atoms with E-state index in [1.807, 2.05) is 18.2 Å². The second-order valence-electron chi connectivity index (χ2n) is 4.78. The number of aromatic nitrogens is 2. The highest BCUT2D eigenvalue weighted by molar-refractivity contribution is 9.10. The lowest BCUT2D eigenvalue weighted by atomic mass is 10.1. The third-order valence-corrected chi connectivity index (χ3v) is 4.73. The summed E-state index contributed by atoms with van der Waals surface area (Å²) in [5.41, 5.74) is 2.27. The molecule has 2 heterocycles. The van der Waals surface area contributed by atoms with Crippen molar-refractivity contribution < 1.29 is 4.79 Å². The number of carbonyl (C=O) groups excluding carboxylic acids is 1. The fourth-order valence-corrected chi connectivity index (χ4v) is 2.89. The molecule has 0 aliphatic carbocycles. The van der Waals surface area contributed by atoms with Gasteiger partial charge in [0.25, 0.3) is 5.56 Å². The van der Waals surface area contributed by atoms with Crippen LogP contribution in [0.25, 0.3) is 16.8 Å². The van der Waals surface area contributed by atoms with Gasteiger partial charge in [0.1, 0.15) is 11.2 Å². The van der Waals surface area contributed by atoms with E-state index in [4.69, 9.17) is 11.6 Å². The highest BCUT2D eigenvalue weighted by atomic mass is 79.9. The number of aldehydes is 1. The molecule has 22 heavy (non-hydrogen) atoms. The smallest absolute Gasteiger partial charge is 0.268 e. The molecule has 0 spiro atoms. The Morgan fingerprint density at radius 2 is 2.09 bits per heavy atom. The van der Waals surface area contributed by atoms with E-state index in [0.717, 1.165) is 15.6 Å². The summed E-state index contributed by atoms with van der Waals surface area (Å²) in [7, 11) is 0. The summed E-state index contributed by atoms with van der Waals surface area (Å²) in [6.07, 6.45) is 2.14. The Bertz CT molecular complexity index is 966. The second-order valence-corrected chi connectivity index (χ2v) is 6.01. The number of nitrogens with zero attached hydrogens (tertiary/aromatic N) is 2. The van der Waals surface area contributed by atoms with Crippen molar-refractivity contribution in [2.45, 2.75) is 6.92 Å². The first-order valence-corrected chi connectivity index (χ1v) is 7.62. The fraction of sp³-hybridized carbons (Fsp3) is 0.0625. The number of benzene rings is 1. The molecule has 0 aliphatic rings. The molecule has 3 rings (SSSR count). The Morgan fingerprint density at radius 1 is 1.32 bits per heavy atom. The van der Waals surface area contributed by atoms with Crippen molar-refractivity contribution in [1.82, 2.24) is 9.38 Å². The van der Waals surface area contributed by atoms with Crippen LogP contribution in [0.5, 0.6) is 0 Å². The number of halogens is 2. The van der Waals surface area contributed by atoms with E-state index in [9.17, 15) is 9.59 Å². The summed E-state index contributed by atoms with van der Waals surface area (Å²) >= 11 is 9.70. The molecular weight excluding hydrogens is 368 g/mol. The third kappa shape index (κ3) is 2.36. The summed E-state index contributed by atoms with van der Waals surface area (Å²) in [6, 6.07) is 9.18. The normalized spacial score (nSPS) is 10.9. The minimum absolute atomic E-state index is 0.0748. The van der Waals surface area contributed by atoms with Crippen molar-refractivity contribution in [3.05, 3.63) is 67.6 Å². The van der Waals surface area contributed by atoms with E-state index in [0.29, 0.717) is 22.6 Å². The van der Waals surface area contributed by atoms with Gasteiger partial charge >= 0.3 is 0 Å². The zero-order valence-corrected chi connectivity index (χ0v) is 13.9. The molecule has 1 aromatic carbocycles. The van der Waals surface area contributed by atoms with Crippen LogP contribution in [-0.2, 0) is 0 Å². The van der Waals surface area contributed by atoms with Gasteiger partial charge in [-0.1, -0.05) is 23.7 Å². The Morgan fingerprint density at radius 3 is 2.82 bits per heavy atom. The quantitative estimate of drug-likeness (QED) is 0.637. The van der Waals surface area contributed by atoms with Gasteiger partial charge in [-0.05, 0) is 46.6 Å². The molecule has 0 saturated heterocycles. The van der Waals surface area contributed by atoms with Crippen LogP contribution in [0, 0.1) is 6.92 Å². The maximum Gasteiger partial charge on any atom is 0.268 e. The summed E-state index contributed by atoms with van der Waals surface area (Å²) in [5, 5.41) is 0.593. The Balaban J connectivity index is 2.29. The largest absolute Gasteiger partial charge is 0.298 e. The van der Waals surface area contributed by atoms with Crippen LogP contribution in [0.1, 0.15) is 16.1 Å². The Hall–Kier alpha value is -1.98. The molecule has 6 heteroatoms. The molecule has 2 aromatic heterocycles. The van der Waals surface area contributed by atoms with Gasteiger partial charge in [0.05, 0.1) is 10.7 Å². The lowest BCUT2D eigenvalue weighted by molar-refractivity contribution is 0.112. The van der Waals surface area contributed by atoms with Gasteiger partial charge < -0.3 is 0 Å². The van der Waals surface area contributed by atoms with Crippen molar-refractivity contribution in [1.29, 1.82) is 0 Å². The van der Waals surface area contributed by atoms with Gasteiger partial charge in [-0.3, -0.25) is 14.0 Å². The van der Waals surface area contributed by atoms with Crippen LogP contribution < -0.4 is 5.56 Å². The van der Waals surface area contributed by atoms with E-state index in [1.165, 1.54) is 4.40 Å². The molecule has 0 unspecified atom stereocenters. The third-order valence-electron chi connectivity index (χ3n) is 3.44. The van der Waals surface area contributed by atoms with E-state index in [1.54, 1.807) is 25.3 Å². The van der Waals surface area contributed by atoms with E-state index in [2.05, 4.69) is 20.9 Å². The number of hydrogen-bond acceptors (Lipinski definition) is 3. The van der Waals surface area contributed by atoms with E-state index < -0.39 is 0 Å². The first-order chi connectivity index (χ1) is 10.5. The maximum atomic E-state index is 12.2. The molecule has 0 N–H and O–H groups in total. The topological polar surface area (TPSA) is 51.4 Å². The second kappa shape index (κ2) is 5.66. The number of rotatable bonds is 2. The first-order valence-electron chi connectivity index (χ1n) is 6.45. The van der Waals surface area contributed by atoms with Gasteiger partial charge in [-0.25, -0.2) is 4.98 Å². The molecular formula is C16H10BrClN2O2. The summed E-state index contributed by atoms with van der Waals surface area (Å²) in [4.78, 5) is 27.5. The minimum Gasteiger partial charge on any atom is -0.298 e. The van der Waals surface area contributed by atoms with E-state index >= 15 is 0 Å². The molecule has 0 saturated carbocycles. The summed E-state index contributed by atoms with van der Waals surface area (Å²) in [5.74, 6) is 0. The highest BCUT2D eigenvalue weighted by Crippen LogP contribution is 2.33. The van der Waals surface area contributed by atoms with Gasteiger partial charge in [0.15, 0.2) is 6.29 Å². The average Bonchev–Trinajstić information content (AvgIpc) is 2.50. The van der Waals surface area contributed by atoms with Crippen molar-refractivity contribution in [2.75, 3.05) is 0 Å². The zero-order chi connectivity index (χ0) is 15.9. The number of fused-ring (bicyclic) bond motifs is 1. The highest BCUT2D eigenvalue weighted by Gasteiger charge is 2.11.